The largest absolute Gasteiger partial charge is 0.481 e. The summed E-state index contributed by atoms with van der Waals surface area (Å²) in [5, 5.41) is 11.8. The maximum absolute atomic E-state index is 11.7. The van der Waals surface area contributed by atoms with Crippen molar-refractivity contribution < 1.29 is 14.7 Å². The fourth-order valence-corrected chi connectivity index (χ4v) is 3.07. The third-order valence-electron chi connectivity index (χ3n) is 3.29. The first kappa shape index (κ1) is 13.8. The van der Waals surface area contributed by atoms with E-state index in [2.05, 4.69) is 5.32 Å². The highest BCUT2D eigenvalue weighted by Gasteiger charge is 2.30. The summed E-state index contributed by atoms with van der Waals surface area (Å²) in [6.45, 7) is 2.02. The number of carboxylic acids is 1. The fourth-order valence-electron chi connectivity index (χ4n) is 2.29. The van der Waals surface area contributed by atoms with Crippen LogP contribution in [0.2, 0.25) is 0 Å². The van der Waals surface area contributed by atoms with Crippen LogP contribution in [0.1, 0.15) is 29.0 Å². The molecule has 1 aromatic rings. The zero-order valence-electron chi connectivity index (χ0n) is 10.8. The molecular weight excluding hydrogens is 262 g/mol. The highest BCUT2D eigenvalue weighted by atomic mass is 32.1. The molecule has 0 aliphatic heterocycles. The summed E-state index contributed by atoms with van der Waals surface area (Å²) in [4.78, 5) is 24.8. The first-order valence-electron chi connectivity index (χ1n) is 6.32. The Morgan fingerprint density at radius 1 is 1.42 bits per heavy atom. The van der Waals surface area contributed by atoms with Crippen molar-refractivity contribution in [3.63, 3.8) is 0 Å². The summed E-state index contributed by atoms with van der Waals surface area (Å²) in [5.74, 6) is -1.22. The highest BCUT2D eigenvalue weighted by molar-refractivity contribution is 7.12. The van der Waals surface area contributed by atoms with E-state index in [1.54, 1.807) is 17.4 Å². The number of rotatable bonds is 4. The zero-order chi connectivity index (χ0) is 13.8. The van der Waals surface area contributed by atoms with E-state index >= 15 is 0 Å². The normalized spacial score (nSPS) is 22.8. The summed E-state index contributed by atoms with van der Waals surface area (Å²) in [7, 11) is 0. The average Bonchev–Trinajstić information content (AvgIpc) is 2.96. The van der Waals surface area contributed by atoms with Crippen LogP contribution in [0.4, 0.5) is 0 Å². The molecule has 2 unspecified atom stereocenters. The smallest absolute Gasteiger partial charge is 0.306 e. The van der Waals surface area contributed by atoms with Gasteiger partial charge in [-0.15, -0.1) is 11.3 Å². The quantitative estimate of drug-likeness (QED) is 0.832. The summed E-state index contributed by atoms with van der Waals surface area (Å²) in [6.07, 6.45) is 5.23. The van der Waals surface area contributed by atoms with E-state index < -0.39 is 5.97 Å². The number of amides is 1. The molecule has 0 bridgehead atoms. The van der Waals surface area contributed by atoms with Crippen LogP contribution >= 0.6 is 11.3 Å². The van der Waals surface area contributed by atoms with Gasteiger partial charge in [-0.1, -0.05) is 0 Å². The number of nitrogens with one attached hydrogen (secondary N) is 1. The lowest BCUT2D eigenvalue weighted by molar-refractivity contribution is -0.141. The predicted molar refractivity (Wildman–Crippen MR) is 75.0 cm³/mol. The number of carboxylic acid groups (broad SMARTS) is 1. The standard InChI is InChI=1S/C14H17NO3S/c1-9-2-5-12(19-9)6-7-13(16)15-11-4-3-10(8-11)14(17)18/h2,5-7,10-11H,3-4,8H2,1H3,(H,15,16)(H,17,18). The Morgan fingerprint density at radius 2 is 2.21 bits per heavy atom. The molecule has 4 nitrogen and oxygen atoms in total. The lowest BCUT2D eigenvalue weighted by Gasteiger charge is -2.10. The Balaban J connectivity index is 1.82. The monoisotopic (exact) mass is 279 g/mol. The van der Waals surface area contributed by atoms with Crippen LogP contribution in [0.15, 0.2) is 18.2 Å². The van der Waals surface area contributed by atoms with Crippen LogP contribution in [0.3, 0.4) is 0 Å². The molecule has 102 valence electrons. The van der Waals surface area contributed by atoms with Crippen LogP contribution in [0.25, 0.3) is 6.08 Å². The highest BCUT2D eigenvalue weighted by Crippen LogP contribution is 2.25. The molecule has 2 rings (SSSR count). The summed E-state index contributed by atoms with van der Waals surface area (Å²) < 4.78 is 0. The van der Waals surface area contributed by atoms with Gasteiger partial charge in [-0.2, -0.15) is 0 Å². The van der Waals surface area contributed by atoms with Gasteiger partial charge in [0, 0.05) is 21.9 Å². The first-order chi connectivity index (χ1) is 9.04. The Morgan fingerprint density at radius 3 is 2.79 bits per heavy atom. The topological polar surface area (TPSA) is 66.4 Å². The van der Waals surface area contributed by atoms with Gasteiger partial charge in [0.05, 0.1) is 5.92 Å². The SMILES string of the molecule is Cc1ccc(C=CC(=O)NC2CCC(C(=O)O)C2)s1. The minimum absolute atomic E-state index is 0.0108. The van der Waals surface area contributed by atoms with Gasteiger partial charge in [-0.05, 0) is 44.4 Å². The van der Waals surface area contributed by atoms with Gasteiger partial charge in [0.1, 0.15) is 0 Å². The predicted octanol–water partition coefficient (Wildman–Crippen LogP) is 2.44. The average molecular weight is 279 g/mol. The molecule has 1 aliphatic rings. The number of aliphatic carboxylic acids is 1. The van der Waals surface area contributed by atoms with Crippen LogP contribution in [-0.2, 0) is 9.59 Å². The molecule has 1 saturated carbocycles. The lowest BCUT2D eigenvalue weighted by Crippen LogP contribution is -2.31. The minimum Gasteiger partial charge on any atom is -0.481 e. The van der Waals surface area contributed by atoms with E-state index in [0.717, 1.165) is 11.3 Å². The lowest BCUT2D eigenvalue weighted by atomic mass is 10.1. The summed E-state index contributed by atoms with van der Waals surface area (Å²) in [6, 6.07) is 3.97. The van der Waals surface area contributed by atoms with E-state index in [1.165, 1.54) is 11.0 Å². The van der Waals surface area contributed by atoms with Crippen LogP contribution in [0, 0.1) is 12.8 Å². The molecule has 0 radical (unpaired) electrons. The van der Waals surface area contributed by atoms with E-state index in [9.17, 15) is 9.59 Å². The van der Waals surface area contributed by atoms with Gasteiger partial charge < -0.3 is 10.4 Å². The first-order valence-corrected chi connectivity index (χ1v) is 7.14. The van der Waals surface area contributed by atoms with E-state index in [-0.39, 0.29) is 17.9 Å². The maximum Gasteiger partial charge on any atom is 0.306 e. The van der Waals surface area contributed by atoms with Crippen molar-refractivity contribution in [3.05, 3.63) is 28.0 Å². The number of carbonyl (C=O) groups excluding carboxylic acids is 1. The van der Waals surface area contributed by atoms with Crippen molar-refractivity contribution >= 4 is 29.3 Å². The molecule has 1 amide bonds. The molecular formula is C14H17NO3S. The molecule has 1 aromatic heterocycles. The van der Waals surface area contributed by atoms with Crippen molar-refractivity contribution in [2.24, 2.45) is 5.92 Å². The zero-order valence-corrected chi connectivity index (χ0v) is 11.6. The summed E-state index contributed by atoms with van der Waals surface area (Å²) >= 11 is 1.63. The molecule has 19 heavy (non-hydrogen) atoms. The Kier molecular flexibility index (Phi) is 4.37. The van der Waals surface area contributed by atoms with Gasteiger partial charge in [0.2, 0.25) is 5.91 Å². The molecule has 1 heterocycles. The Hall–Kier alpha value is -1.62. The molecule has 0 spiro atoms. The number of hydrogen-bond acceptors (Lipinski definition) is 3. The van der Waals surface area contributed by atoms with Gasteiger partial charge in [-0.25, -0.2) is 0 Å². The molecule has 0 saturated heterocycles. The van der Waals surface area contributed by atoms with E-state index in [1.807, 2.05) is 19.1 Å². The van der Waals surface area contributed by atoms with Gasteiger partial charge >= 0.3 is 5.97 Å². The van der Waals surface area contributed by atoms with Crippen molar-refractivity contribution in [2.75, 3.05) is 0 Å². The van der Waals surface area contributed by atoms with E-state index in [0.29, 0.717) is 12.8 Å². The van der Waals surface area contributed by atoms with Crippen molar-refractivity contribution in [2.45, 2.75) is 32.2 Å². The van der Waals surface area contributed by atoms with E-state index in [4.69, 9.17) is 5.11 Å². The number of aryl methyl sites for hydroxylation is 1. The minimum atomic E-state index is -0.763. The van der Waals surface area contributed by atoms with Crippen LogP contribution in [0.5, 0.6) is 0 Å². The molecule has 2 atom stereocenters. The second-order valence-corrected chi connectivity index (χ2v) is 6.15. The third kappa shape index (κ3) is 3.92. The molecule has 1 aliphatic carbocycles. The third-order valence-corrected chi connectivity index (χ3v) is 4.25. The van der Waals surface area contributed by atoms with Crippen LogP contribution < -0.4 is 5.32 Å². The Bertz CT molecular complexity index is 507. The molecule has 1 fully saturated rings. The fraction of sp³-hybridized carbons (Fsp3) is 0.429. The second kappa shape index (κ2) is 6.02. The molecule has 5 heteroatoms. The second-order valence-electron chi connectivity index (χ2n) is 4.84. The number of hydrogen-bond donors (Lipinski definition) is 2. The van der Waals surface area contributed by atoms with Gasteiger partial charge in [-0.3, -0.25) is 9.59 Å². The van der Waals surface area contributed by atoms with Crippen molar-refractivity contribution in [3.8, 4) is 0 Å². The number of carbonyl (C=O) groups is 2. The summed E-state index contributed by atoms with van der Waals surface area (Å²) in [5.41, 5.74) is 0. The molecule has 0 aromatic carbocycles. The van der Waals surface area contributed by atoms with Gasteiger partial charge in [0.15, 0.2) is 0 Å². The van der Waals surface area contributed by atoms with Gasteiger partial charge in [0.25, 0.3) is 0 Å². The molecule has 2 N–H and O–H groups in total. The maximum atomic E-state index is 11.7. The van der Waals surface area contributed by atoms with Crippen molar-refractivity contribution in [1.82, 2.24) is 5.32 Å². The Labute approximate surface area is 116 Å². The number of thiophene rings is 1. The van der Waals surface area contributed by atoms with Crippen LogP contribution in [-0.4, -0.2) is 23.0 Å². The van der Waals surface area contributed by atoms with Crippen molar-refractivity contribution in [1.29, 1.82) is 0 Å².